The molecule has 4 nitrogen and oxygen atoms in total. The Hall–Kier alpha value is -0.610. The monoisotopic (exact) mass is 214 g/mol. The third kappa shape index (κ3) is 5.74. The van der Waals surface area contributed by atoms with Gasteiger partial charge in [-0.1, -0.05) is 0 Å². The van der Waals surface area contributed by atoms with Crippen molar-refractivity contribution in [3.05, 3.63) is 0 Å². The zero-order chi connectivity index (χ0) is 11.1. The lowest BCUT2D eigenvalue weighted by atomic mass is 10.1. The molecule has 1 saturated heterocycles. The van der Waals surface area contributed by atoms with Gasteiger partial charge in [0.05, 0.1) is 6.61 Å². The van der Waals surface area contributed by atoms with Crippen LogP contribution >= 0.6 is 0 Å². The predicted molar refractivity (Wildman–Crippen MR) is 59.7 cm³/mol. The van der Waals surface area contributed by atoms with Crippen LogP contribution in [0.25, 0.3) is 0 Å². The molecule has 15 heavy (non-hydrogen) atoms. The Morgan fingerprint density at radius 1 is 1.53 bits per heavy atom. The van der Waals surface area contributed by atoms with E-state index < -0.39 is 0 Å². The van der Waals surface area contributed by atoms with E-state index in [1.54, 1.807) is 0 Å². The second-order valence-electron chi connectivity index (χ2n) is 4.41. The number of carbonyl (C=O) groups is 1. The van der Waals surface area contributed by atoms with Gasteiger partial charge in [-0.15, -0.1) is 0 Å². The molecular weight excluding hydrogens is 192 g/mol. The lowest BCUT2D eigenvalue weighted by molar-refractivity contribution is -0.121. The molecule has 1 aliphatic heterocycles. The maximum Gasteiger partial charge on any atom is 0.221 e. The van der Waals surface area contributed by atoms with Crippen LogP contribution in [0.3, 0.4) is 0 Å². The lowest BCUT2D eigenvalue weighted by Crippen LogP contribution is -2.33. The number of hydrogen-bond acceptors (Lipinski definition) is 3. The third-order valence-electron chi connectivity index (χ3n) is 2.44. The van der Waals surface area contributed by atoms with Crippen LogP contribution in [0.1, 0.15) is 26.7 Å². The molecule has 0 saturated carbocycles. The van der Waals surface area contributed by atoms with Gasteiger partial charge >= 0.3 is 0 Å². The van der Waals surface area contributed by atoms with Gasteiger partial charge in [-0.3, -0.25) is 4.79 Å². The Morgan fingerprint density at radius 2 is 2.33 bits per heavy atom. The van der Waals surface area contributed by atoms with Gasteiger partial charge in [-0.25, -0.2) is 0 Å². The zero-order valence-electron chi connectivity index (χ0n) is 9.71. The molecule has 1 rings (SSSR count). The molecule has 0 aliphatic carbocycles. The molecule has 0 aromatic rings. The van der Waals surface area contributed by atoms with Crippen molar-refractivity contribution >= 4 is 5.91 Å². The van der Waals surface area contributed by atoms with E-state index in [0.717, 1.165) is 32.7 Å². The van der Waals surface area contributed by atoms with Crippen molar-refractivity contribution in [3.63, 3.8) is 0 Å². The standard InChI is InChI=1S/C11H22N2O2/c1-9(2)13-11(14)3-5-12-7-10-4-6-15-8-10/h9-10,12H,3-8H2,1-2H3,(H,13,14). The fourth-order valence-electron chi connectivity index (χ4n) is 1.65. The van der Waals surface area contributed by atoms with Crippen molar-refractivity contribution in [3.8, 4) is 0 Å². The molecule has 1 aliphatic rings. The van der Waals surface area contributed by atoms with E-state index in [-0.39, 0.29) is 11.9 Å². The summed E-state index contributed by atoms with van der Waals surface area (Å²) in [5.74, 6) is 0.762. The van der Waals surface area contributed by atoms with Gasteiger partial charge in [0.25, 0.3) is 0 Å². The first kappa shape index (κ1) is 12.5. The number of amides is 1. The van der Waals surface area contributed by atoms with E-state index >= 15 is 0 Å². The van der Waals surface area contributed by atoms with Gasteiger partial charge in [0, 0.05) is 32.2 Å². The molecule has 0 bridgehead atoms. The molecular formula is C11H22N2O2. The summed E-state index contributed by atoms with van der Waals surface area (Å²) in [6.07, 6.45) is 1.71. The van der Waals surface area contributed by atoms with Crippen molar-refractivity contribution in [1.29, 1.82) is 0 Å². The Kier molecular flexibility index (Phi) is 5.65. The molecule has 1 unspecified atom stereocenters. The molecule has 0 spiro atoms. The Bertz CT molecular complexity index is 189. The van der Waals surface area contributed by atoms with Crippen LogP contribution in [0.15, 0.2) is 0 Å². The van der Waals surface area contributed by atoms with Crippen molar-refractivity contribution in [2.24, 2.45) is 5.92 Å². The van der Waals surface area contributed by atoms with Crippen LogP contribution in [-0.2, 0) is 9.53 Å². The van der Waals surface area contributed by atoms with Crippen LogP contribution in [-0.4, -0.2) is 38.3 Å². The summed E-state index contributed by atoms with van der Waals surface area (Å²) in [6.45, 7) is 7.43. The first-order valence-corrected chi connectivity index (χ1v) is 5.76. The molecule has 2 N–H and O–H groups in total. The van der Waals surface area contributed by atoms with Crippen molar-refractivity contribution in [2.75, 3.05) is 26.3 Å². The van der Waals surface area contributed by atoms with Crippen LogP contribution in [0, 0.1) is 5.92 Å². The van der Waals surface area contributed by atoms with E-state index in [4.69, 9.17) is 4.74 Å². The molecule has 4 heteroatoms. The van der Waals surface area contributed by atoms with Gasteiger partial charge < -0.3 is 15.4 Å². The van der Waals surface area contributed by atoms with Gasteiger partial charge in [-0.05, 0) is 26.2 Å². The van der Waals surface area contributed by atoms with Gasteiger partial charge in [0.15, 0.2) is 0 Å². The molecule has 0 aromatic heterocycles. The lowest BCUT2D eigenvalue weighted by Gasteiger charge is -2.10. The van der Waals surface area contributed by atoms with E-state index in [1.165, 1.54) is 0 Å². The topological polar surface area (TPSA) is 50.4 Å². The van der Waals surface area contributed by atoms with Crippen LogP contribution in [0.4, 0.5) is 0 Å². The van der Waals surface area contributed by atoms with E-state index in [1.807, 2.05) is 13.8 Å². The minimum Gasteiger partial charge on any atom is -0.381 e. The van der Waals surface area contributed by atoms with E-state index in [9.17, 15) is 4.79 Å². The zero-order valence-corrected chi connectivity index (χ0v) is 9.71. The SMILES string of the molecule is CC(C)NC(=O)CCNCC1CCOC1. The summed E-state index contributed by atoms with van der Waals surface area (Å²) >= 11 is 0. The van der Waals surface area contributed by atoms with Gasteiger partial charge in [-0.2, -0.15) is 0 Å². The maximum atomic E-state index is 11.3. The third-order valence-corrected chi connectivity index (χ3v) is 2.44. The number of nitrogens with one attached hydrogen (secondary N) is 2. The number of rotatable bonds is 6. The summed E-state index contributed by atoms with van der Waals surface area (Å²) in [5.41, 5.74) is 0. The highest BCUT2D eigenvalue weighted by Crippen LogP contribution is 2.10. The smallest absolute Gasteiger partial charge is 0.221 e. The number of carbonyl (C=O) groups excluding carboxylic acids is 1. The van der Waals surface area contributed by atoms with E-state index in [2.05, 4.69) is 10.6 Å². The molecule has 1 amide bonds. The summed E-state index contributed by atoms with van der Waals surface area (Å²) in [4.78, 5) is 11.3. The molecule has 0 aromatic carbocycles. The molecule has 0 radical (unpaired) electrons. The first-order chi connectivity index (χ1) is 7.18. The quantitative estimate of drug-likeness (QED) is 0.634. The minimum atomic E-state index is 0.125. The Morgan fingerprint density at radius 3 is 2.93 bits per heavy atom. The highest BCUT2D eigenvalue weighted by atomic mass is 16.5. The Balaban J connectivity index is 1.94. The molecule has 88 valence electrons. The van der Waals surface area contributed by atoms with Crippen molar-refractivity contribution in [2.45, 2.75) is 32.7 Å². The fourth-order valence-corrected chi connectivity index (χ4v) is 1.65. The molecule has 1 atom stereocenters. The minimum absolute atomic E-state index is 0.125. The predicted octanol–water partition coefficient (Wildman–Crippen LogP) is 0.527. The van der Waals surface area contributed by atoms with Crippen molar-refractivity contribution < 1.29 is 9.53 Å². The average Bonchev–Trinajstić information content (AvgIpc) is 2.63. The normalized spacial score (nSPS) is 20.9. The molecule has 1 fully saturated rings. The highest BCUT2D eigenvalue weighted by molar-refractivity contribution is 5.76. The van der Waals surface area contributed by atoms with Crippen molar-refractivity contribution in [1.82, 2.24) is 10.6 Å². The second kappa shape index (κ2) is 6.80. The largest absolute Gasteiger partial charge is 0.381 e. The van der Waals surface area contributed by atoms with Gasteiger partial charge in [0.1, 0.15) is 0 Å². The summed E-state index contributed by atoms with van der Waals surface area (Å²) in [5, 5.41) is 6.16. The summed E-state index contributed by atoms with van der Waals surface area (Å²) in [6, 6.07) is 0.237. The highest BCUT2D eigenvalue weighted by Gasteiger charge is 2.14. The van der Waals surface area contributed by atoms with Crippen LogP contribution in [0.2, 0.25) is 0 Å². The first-order valence-electron chi connectivity index (χ1n) is 5.76. The Labute approximate surface area is 91.8 Å². The second-order valence-corrected chi connectivity index (χ2v) is 4.41. The summed E-state index contributed by atoms with van der Waals surface area (Å²) in [7, 11) is 0. The number of hydrogen-bond donors (Lipinski definition) is 2. The number of ether oxygens (including phenoxy) is 1. The van der Waals surface area contributed by atoms with Crippen LogP contribution < -0.4 is 10.6 Å². The fraction of sp³-hybridized carbons (Fsp3) is 0.909. The van der Waals surface area contributed by atoms with E-state index in [0.29, 0.717) is 12.3 Å². The van der Waals surface area contributed by atoms with Gasteiger partial charge in [0.2, 0.25) is 5.91 Å². The molecule has 1 heterocycles. The average molecular weight is 214 g/mol. The maximum absolute atomic E-state index is 11.3. The summed E-state index contributed by atoms with van der Waals surface area (Å²) < 4.78 is 5.27. The van der Waals surface area contributed by atoms with Crippen LogP contribution in [0.5, 0.6) is 0 Å².